The fourth-order valence-corrected chi connectivity index (χ4v) is 2.22. The Balaban J connectivity index is 2.90. The Kier molecular flexibility index (Phi) is 4.12. The van der Waals surface area contributed by atoms with Crippen LogP contribution in [0.25, 0.3) is 0 Å². The second kappa shape index (κ2) is 4.90. The topological polar surface area (TPSA) is 20.2 Å². The Morgan fingerprint density at radius 2 is 2.17 bits per heavy atom. The van der Waals surface area contributed by atoms with Crippen molar-refractivity contribution in [2.45, 2.75) is 11.3 Å². The number of aliphatic hydroxyl groups is 1. The summed E-state index contributed by atoms with van der Waals surface area (Å²) < 4.78 is 1.08. The highest BCUT2D eigenvalue weighted by Gasteiger charge is 1.97. The monoisotopic (exact) mass is 246 g/mol. The summed E-state index contributed by atoms with van der Waals surface area (Å²) in [6.45, 7) is 0.213. The van der Waals surface area contributed by atoms with Gasteiger partial charge in [0.15, 0.2) is 0 Å². The summed E-state index contributed by atoms with van der Waals surface area (Å²) in [6.07, 6.45) is 2.78. The lowest BCUT2D eigenvalue weighted by Gasteiger charge is -2.02. The van der Waals surface area contributed by atoms with E-state index in [9.17, 15) is 0 Å². The van der Waals surface area contributed by atoms with Crippen molar-refractivity contribution in [3.63, 3.8) is 0 Å². The van der Waals surface area contributed by atoms with Gasteiger partial charge in [0.05, 0.1) is 0 Å². The quantitative estimate of drug-likeness (QED) is 0.829. The molecule has 0 saturated heterocycles. The highest BCUT2D eigenvalue weighted by Crippen LogP contribution is 2.22. The Labute approximate surface area is 85.3 Å². The SMILES string of the molecule is CSc1cc(Br)cc(CCO)c1. The first kappa shape index (κ1) is 10.1. The lowest BCUT2D eigenvalue weighted by Crippen LogP contribution is -1.90. The number of hydrogen-bond donors (Lipinski definition) is 1. The molecule has 1 nitrogen and oxygen atoms in total. The zero-order chi connectivity index (χ0) is 8.97. The lowest BCUT2D eigenvalue weighted by atomic mass is 10.2. The second-order valence-corrected chi connectivity index (χ2v) is 4.27. The van der Waals surface area contributed by atoms with E-state index in [1.807, 2.05) is 12.3 Å². The third-order valence-electron chi connectivity index (χ3n) is 1.57. The van der Waals surface area contributed by atoms with Crippen molar-refractivity contribution in [1.29, 1.82) is 0 Å². The fourth-order valence-electron chi connectivity index (χ4n) is 1.01. The van der Waals surface area contributed by atoms with Gasteiger partial charge < -0.3 is 5.11 Å². The molecule has 3 heteroatoms. The largest absolute Gasteiger partial charge is 0.396 e. The van der Waals surface area contributed by atoms with Crippen LogP contribution in [-0.2, 0) is 6.42 Å². The molecule has 1 rings (SSSR count). The van der Waals surface area contributed by atoms with Crippen molar-refractivity contribution in [3.05, 3.63) is 28.2 Å². The Morgan fingerprint density at radius 1 is 1.42 bits per heavy atom. The van der Waals surface area contributed by atoms with E-state index in [1.165, 1.54) is 10.5 Å². The van der Waals surface area contributed by atoms with Gasteiger partial charge in [-0.2, -0.15) is 0 Å². The first-order valence-corrected chi connectivity index (χ1v) is 5.72. The van der Waals surface area contributed by atoms with Crippen molar-refractivity contribution in [2.24, 2.45) is 0 Å². The van der Waals surface area contributed by atoms with Crippen LogP contribution in [0.1, 0.15) is 5.56 Å². The summed E-state index contributed by atoms with van der Waals surface area (Å²) in [6, 6.07) is 6.22. The predicted octanol–water partition coefficient (Wildman–Crippen LogP) is 2.71. The highest BCUT2D eigenvalue weighted by atomic mass is 79.9. The molecule has 0 fully saturated rings. The van der Waals surface area contributed by atoms with Gasteiger partial charge >= 0.3 is 0 Å². The second-order valence-electron chi connectivity index (χ2n) is 2.47. The molecule has 0 radical (unpaired) electrons. The molecule has 0 atom stereocenters. The van der Waals surface area contributed by atoms with Gasteiger partial charge in [0.25, 0.3) is 0 Å². The van der Waals surface area contributed by atoms with Crippen molar-refractivity contribution in [2.75, 3.05) is 12.9 Å². The lowest BCUT2D eigenvalue weighted by molar-refractivity contribution is 0.299. The standard InChI is InChI=1S/C9H11BrOS/c1-12-9-5-7(2-3-11)4-8(10)6-9/h4-6,11H,2-3H2,1H3. The maximum absolute atomic E-state index is 8.75. The molecule has 66 valence electrons. The molecule has 0 aliphatic heterocycles. The predicted molar refractivity (Wildman–Crippen MR) is 56.7 cm³/mol. The number of thioether (sulfide) groups is 1. The number of rotatable bonds is 3. The molecule has 0 spiro atoms. The molecule has 0 amide bonds. The van der Waals surface area contributed by atoms with Crippen LogP contribution in [0.3, 0.4) is 0 Å². The minimum atomic E-state index is 0.213. The van der Waals surface area contributed by atoms with E-state index in [-0.39, 0.29) is 6.61 Å². The van der Waals surface area contributed by atoms with Crippen LogP contribution in [0.4, 0.5) is 0 Å². The summed E-state index contributed by atoms with van der Waals surface area (Å²) in [5.74, 6) is 0. The first-order chi connectivity index (χ1) is 5.76. The third kappa shape index (κ3) is 2.81. The normalized spacial score (nSPS) is 10.2. The number of hydrogen-bond acceptors (Lipinski definition) is 2. The average Bonchev–Trinajstić information content (AvgIpc) is 2.04. The van der Waals surface area contributed by atoms with Crippen LogP contribution in [0.5, 0.6) is 0 Å². The van der Waals surface area contributed by atoms with Gasteiger partial charge in [-0.25, -0.2) is 0 Å². The van der Waals surface area contributed by atoms with E-state index < -0.39 is 0 Å². The van der Waals surface area contributed by atoms with Gasteiger partial charge in [0.1, 0.15) is 0 Å². The van der Waals surface area contributed by atoms with Crippen LogP contribution < -0.4 is 0 Å². The summed E-state index contributed by atoms with van der Waals surface area (Å²) in [5, 5.41) is 8.75. The van der Waals surface area contributed by atoms with Gasteiger partial charge in [-0.1, -0.05) is 15.9 Å². The molecular formula is C9H11BrOS. The van der Waals surface area contributed by atoms with E-state index in [0.717, 1.165) is 10.9 Å². The maximum Gasteiger partial charge on any atom is 0.0471 e. The van der Waals surface area contributed by atoms with E-state index in [0.29, 0.717) is 0 Å². The first-order valence-electron chi connectivity index (χ1n) is 3.70. The van der Waals surface area contributed by atoms with E-state index in [4.69, 9.17) is 5.11 Å². The van der Waals surface area contributed by atoms with Gasteiger partial charge in [-0.05, 0) is 36.4 Å². The summed E-state index contributed by atoms with van der Waals surface area (Å²) >= 11 is 5.14. The molecule has 0 bridgehead atoms. The van der Waals surface area contributed by atoms with Crippen LogP contribution in [-0.4, -0.2) is 18.0 Å². The van der Waals surface area contributed by atoms with E-state index in [2.05, 4.69) is 28.1 Å². The molecule has 0 saturated carbocycles. The van der Waals surface area contributed by atoms with Gasteiger partial charge in [0.2, 0.25) is 0 Å². The molecule has 0 heterocycles. The van der Waals surface area contributed by atoms with Gasteiger partial charge in [-0.3, -0.25) is 0 Å². The molecule has 0 aliphatic carbocycles. The Morgan fingerprint density at radius 3 is 2.75 bits per heavy atom. The molecule has 0 aromatic heterocycles. The van der Waals surface area contributed by atoms with E-state index >= 15 is 0 Å². The summed E-state index contributed by atoms with van der Waals surface area (Å²) in [4.78, 5) is 1.23. The van der Waals surface area contributed by atoms with Crippen molar-refractivity contribution >= 4 is 27.7 Å². The number of halogens is 1. The smallest absolute Gasteiger partial charge is 0.0471 e. The van der Waals surface area contributed by atoms with E-state index in [1.54, 1.807) is 11.8 Å². The Hall–Kier alpha value is 0.01000. The fraction of sp³-hybridized carbons (Fsp3) is 0.333. The molecule has 1 aromatic carbocycles. The minimum absolute atomic E-state index is 0.213. The number of benzene rings is 1. The maximum atomic E-state index is 8.75. The minimum Gasteiger partial charge on any atom is -0.396 e. The van der Waals surface area contributed by atoms with Crippen LogP contribution in [0.2, 0.25) is 0 Å². The zero-order valence-electron chi connectivity index (χ0n) is 6.88. The van der Waals surface area contributed by atoms with Gasteiger partial charge in [0, 0.05) is 16.0 Å². The zero-order valence-corrected chi connectivity index (χ0v) is 9.28. The molecule has 0 unspecified atom stereocenters. The third-order valence-corrected chi connectivity index (χ3v) is 2.73. The van der Waals surface area contributed by atoms with Crippen LogP contribution in [0.15, 0.2) is 27.6 Å². The average molecular weight is 247 g/mol. The summed E-state index contributed by atoms with van der Waals surface area (Å²) in [7, 11) is 0. The van der Waals surface area contributed by atoms with Crippen LogP contribution in [0, 0.1) is 0 Å². The number of aliphatic hydroxyl groups excluding tert-OH is 1. The highest BCUT2D eigenvalue weighted by molar-refractivity contribution is 9.10. The molecule has 1 aromatic rings. The van der Waals surface area contributed by atoms with Crippen molar-refractivity contribution in [1.82, 2.24) is 0 Å². The van der Waals surface area contributed by atoms with Crippen molar-refractivity contribution in [3.8, 4) is 0 Å². The van der Waals surface area contributed by atoms with Gasteiger partial charge in [-0.15, -0.1) is 11.8 Å². The van der Waals surface area contributed by atoms with Crippen LogP contribution >= 0.6 is 27.7 Å². The molecule has 12 heavy (non-hydrogen) atoms. The molecular weight excluding hydrogens is 236 g/mol. The molecule has 0 aliphatic rings. The van der Waals surface area contributed by atoms with Crippen molar-refractivity contribution < 1.29 is 5.11 Å². The summed E-state index contributed by atoms with van der Waals surface area (Å²) in [5.41, 5.74) is 1.18. The Bertz CT molecular complexity index is 263. The molecule has 1 N–H and O–H groups in total.